The number of imidazole rings is 1. The minimum atomic E-state index is 0.269. The Bertz CT molecular complexity index is 648. The molecule has 1 amide bonds. The van der Waals surface area contributed by atoms with Crippen LogP contribution in [-0.4, -0.2) is 26.9 Å². The van der Waals surface area contributed by atoms with E-state index >= 15 is 0 Å². The first-order valence-electron chi connectivity index (χ1n) is 8.04. The van der Waals surface area contributed by atoms with Gasteiger partial charge >= 0.3 is 0 Å². The number of nitrogens with zero attached hydrogens (tertiary/aromatic N) is 3. The summed E-state index contributed by atoms with van der Waals surface area (Å²) >= 11 is 0. The maximum Gasteiger partial charge on any atom is 0.224 e. The van der Waals surface area contributed by atoms with E-state index in [1.54, 1.807) is 0 Å². The van der Waals surface area contributed by atoms with Crippen molar-refractivity contribution >= 4 is 5.91 Å². The fourth-order valence-corrected chi connectivity index (χ4v) is 3.22. The van der Waals surface area contributed by atoms with Crippen molar-refractivity contribution in [3.8, 4) is 11.4 Å². The summed E-state index contributed by atoms with van der Waals surface area (Å²) in [6.45, 7) is 5.71. The Balaban J connectivity index is 1.81. The highest BCUT2D eigenvalue weighted by Crippen LogP contribution is 2.25. The van der Waals surface area contributed by atoms with Crippen LogP contribution in [0.25, 0.3) is 11.4 Å². The molecule has 0 N–H and O–H groups in total. The third-order valence-electron chi connectivity index (χ3n) is 4.39. The number of aryl methyl sites for hydroxylation is 1. The van der Waals surface area contributed by atoms with Crippen molar-refractivity contribution < 1.29 is 4.79 Å². The largest absolute Gasteiger partial charge is 0.324 e. The van der Waals surface area contributed by atoms with E-state index in [0.29, 0.717) is 19.0 Å². The van der Waals surface area contributed by atoms with Gasteiger partial charge in [-0.15, -0.1) is 0 Å². The number of benzene rings is 1. The third-order valence-corrected chi connectivity index (χ3v) is 4.39. The first-order valence-corrected chi connectivity index (χ1v) is 8.04. The first-order chi connectivity index (χ1) is 10.7. The summed E-state index contributed by atoms with van der Waals surface area (Å²) in [5.41, 5.74) is 2.18. The van der Waals surface area contributed by atoms with Crippen molar-refractivity contribution in [2.24, 2.45) is 5.92 Å². The van der Waals surface area contributed by atoms with E-state index in [2.05, 4.69) is 28.6 Å². The van der Waals surface area contributed by atoms with Gasteiger partial charge in [0.15, 0.2) is 0 Å². The standard InChI is InChI=1S/C18H23N3O/c1-3-7-15-10-17(22)20(12-15)13-21-14(2)11-19-18(21)16-8-5-4-6-9-16/h4-6,8-9,11,15H,3,7,10,12-13H2,1-2H3. The van der Waals surface area contributed by atoms with E-state index in [4.69, 9.17) is 0 Å². The zero-order chi connectivity index (χ0) is 15.5. The predicted octanol–water partition coefficient (Wildman–Crippen LogP) is 3.46. The van der Waals surface area contributed by atoms with E-state index in [0.717, 1.165) is 36.5 Å². The molecule has 1 aliphatic rings. The first kappa shape index (κ1) is 14.8. The molecule has 0 radical (unpaired) electrons. The zero-order valence-electron chi connectivity index (χ0n) is 13.3. The predicted molar refractivity (Wildman–Crippen MR) is 87.1 cm³/mol. The number of rotatable bonds is 5. The molecule has 1 aromatic carbocycles. The van der Waals surface area contributed by atoms with Crippen LogP contribution in [0.2, 0.25) is 0 Å². The number of amides is 1. The van der Waals surface area contributed by atoms with Crippen LogP contribution >= 0.6 is 0 Å². The van der Waals surface area contributed by atoms with Gasteiger partial charge in [-0.3, -0.25) is 4.79 Å². The van der Waals surface area contributed by atoms with Crippen molar-refractivity contribution in [1.82, 2.24) is 14.5 Å². The molecule has 1 saturated heterocycles. The monoisotopic (exact) mass is 297 g/mol. The van der Waals surface area contributed by atoms with Crippen molar-refractivity contribution in [3.05, 3.63) is 42.2 Å². The second-order valence-electron chi connectivity index (χ2n) is 6.13. The number of hydrogen-bond acceptors (Lipinski definition) is 2. The molecule has 1 fully saturated rings. The second-order valence-corrected chi connectivity index (χ2v) is 6.13. The summed E-state index contributed by atoms with van der Waals surface area (Å²) in [5.74, 6) is 1.72. The summed E-state index contributed by atoms with van der Waals surface area (Å²) in [6.07, 6.45) is 4.86. The Morgan fingerprint density at radius 2 is 2.05 bits per heavy atom. The van der Waals surface area contributed by atoms with Crippen molar-refractivity contribution in [2.75, 3.05) is 6.54 Å². The van der Waals surface area contributed by atoms with Gasteiger partial charge in [-0.05, 0) is 19.3 Å². The molecule has 2 heterocycles. The van der Waals surface area contributed by atoms with Crippen LogP contribution in [0.1, 0.15) is 31.9 Å². The van der Waals surface area contributed by atoms with Crippen molar-refractivity contribution in [3.63, 3.8) is 0 Å². The third kappa shape index (κ3) is 2.91. The average molecular weight is 297 g/mol. The molecule has 1 aliphatic heterocycles. The molecule has 116 valence electrons. The number of hydrogen-bond donors (Lipinski definition) is 0. The number of likely N-dealkylation sites (tertiary alicyclic amines) is 1. The molecule has 2 aromatic rings. The van der Waals surface area contributed by atoms with Gasteiger partial charge in [0.25, 0.3) is 0 Å². The van der Waals surface area contributed by atoms with Gasteiger partial charge in [0.1, 0.15) is 5.82 Å². The highest BCUT2D eigenvalue weighted by molar-refractivity contribution is 5.78. The minimum absolute atomic E-state index is 0.269. The highest BCUT2D eigenvalue weighted by Gasteiger charge is 2.29. The molecule has 3 rings (SSSR count). The Morgan fingerprint density at radius 3 is 2.77 bits per heavy atom. The van der Waals surface area contributed by atoms with Gasteiger partial charge in [-0.2, -0.15) is 0 Å². The van der Waals surface area contributed by atoms with E-state index in [-0.39, 0.29) is 5.91 Å². The second kappa shape index (κ2) is 6.34. The minimum Gasteiger partial charge on any atom is -0.324 e. The lowest BCUT2D eigenvalue weighted by Crippen LogP contribution is -2.28. The molecular formula is C18H23N3O. The van der Waals surface area contributed by atoms with Crippen molar-refractivity contribution in [1.29, 1.82) is 0 Å². The molecule has 22 heavy (non-hydrogen) atoms. The molecule has 0 saturated carbocycles. The number of carbonyl (C=O) groups excluding carboxylic acids is 1. The van der Waals surface area contributed by atoms with Gasteiger partial charge in [-0.1, -0.05) is 43.7 Å². The summed E-state index contributed by atoms with van der Waals surface area (Å²) in [6, 6.07) is 10.2. The topological polar surface area (TPSA) is 38.1 Å². The van der Waals surface area contributed by atoms with Crippen LogP contribution in [0, 0.1) is 12.8 Å². The molecule has 0 spiro atoms. The lowest BCUT2D eigenvalue weighted by molar-refractivity contribution is -0.129. The van der Waals surface area contributed by atoms with Crippen molar-refractivity contribution in [2.45, 2.75) is 39.8 Å². The average Bonchev–Trinajstić information content (AvgIpc) is 3.05. The molecule has 1 unspecified atom stereocenters. The summed E-state index contributed by atoms with van der Waals surface area (Å²) < 4.78 is 2.14. The lowest BCUT2D eigenvalue weighted by Gasteiger charge is -2.20. The Morgan fingerprint density at radius 1 is 1.27 bits per heavy atom. The van der Waals surface area contributed by atoms with E-state index in [9.17, 15) is 4.79 Å². The normalized spacial score (nSPS) is 18.2. The van der Waals surface area contributed by atoms with Gasteiger partial charge in [0.05, 0.1) is 6.67 Å². The maximum absolute atomic E-state index is 12.2. The Kier molecular flexibility index (Phi) is 4.27. The smallest absolute Gasteiger partial charge is 0.224 e. The van der Waals surface area contributed by atoms with Crippen LogP contribution < -0.4 is 0 Å². The number of aromatic nitrogens is 2. The Labute approximate surface area is 131 Å². The van der Waals surface area contributed by atoms with Crippen LogP contribution in [0.3, 0.4) is 0 Å². The van der Waals surface area contributed by atoms with E-state index < -0.39 is 0 Å². The summed E-state index contributed by atoms with van der Waals surface area (Å²) in [5, 5.41) is 0. The molecule has 4 nitrogen and oxygen atoms in total. The summed E-state index contributed by atoms with van der Waals surface area (Å²) in [4.78, 5) is 18.7. The molecule has 4 heteroatoms. The highest BCUT2D eigenvalue weighted by atomic mass is 16.2. The molecule has 1 aromatic heterocycles. The van der Waals surface area contributed by atoms with E-state index in [1.807, 2.05) is 36.2 Å². The van der Waals surface area contributed by atoms with Gasteiger partial charge < -0.3 is 9.47 Å². The van der Waals surface area contributed by atoms with Gasteiger partial charge in [-0.25, -0.2) is 4.98 Å². The fourth-order valence-electron chi connectivity index (χ4n) is 3.22. The molecule has 0 aliphatic carbocycles. The van der Waals surface area contributed by atoms with Crippen LogP contribution in [-0.2, 0) is 11.5 Å². The van der Waals surface area contributed by atoms with Crippen LogP contribution in [0.15, 0.2) is 36.5 Å². The maximum atomic E-state index is 12.2. The van der Waals surface area contributed by atoms with Crippen LogP contribution in [0.4, 0.5) is 0 Å². The van der Waals surface area contributed by atoms with Gasteiger partial charge in [0, 0.05) is 30.4 Å². The molecular weight excluding hydrogens is 274 g/mol. The Hall–Kier alpha value is -2.10. The summed E-state index contributed by atoms with van der Waals surface area (Å²) in [7, 11) is 0. The molecule has 0 bridgehead atoms. The fraction of sp³-hybridized carbons (Fsp3) is 0.444. The molecule has 1 atom stereocenters. The SMILES string of the molecule is CCCC1CC(=O)N(Cn2c(C)cnc2-c2ccccc2)C1. The van der Waals surface area contributed by atoms with E-state index in [1.165, 1.54) is 0 Å². The zero-order valence-corrected chi connectivity index (χ0v) is 13.3. The lowest BCUT2D eigenvalue weighted by atomic mass is 10.0. The van der Waals surface area contributed by atoms with Crippen LogP contribution in [0.5, 0.6) is 0 Å². The number of carbonyl (C=O) groups is 1. The quantitative estimate of drug-likeness (QED) is 0.847. The van der Waals surface area contributed by atoms with Gasteiger partial charge in [0.2, 0.25) is 5.91 Å².